The van der Waals surface area contributed by atoms with E-state index < -0.39 is 22.1 Å². The SMILES string of the molecule is CC1(C)CCC(C(=N)c2cc3ccc(C(=O)O)cc3n2COCC[Si](C)(C)C)=C(NCOCC[Si](C)(C)C)C1. The van der Waals surface area contributed by atoms with Crippen LogP contribution in [0, 0.1) is 10.8 Å². The highest BCUT2D eigenvalue weighted by atomic mass is 28.3. The first kappa shape index (κ1) is 31.3. The van der Waals surface area contributed by atoms with Crippen molar-refractivity contribution in [3.05, 3.63) is 46.8 Å². The quantitative estimate of drug-likeness (QED) is 0.0951. The monoisotopic (exact) mass is 571 g/mol. The van der Waals surface area contributed by atoms with Crippen molar-refractivity contribution in [2.75, 3.05) is 19.9 Å². The number of carboxylic acids is 1. The maximum atomic E-state index is 11.7. The molecule has 7 nitrogen and oxygen atoms in total. The highest BCUT2D eigenvalue weighted by Crippen LogP contribution is 2.39. The summed E-state index contributed by atoms with van der Waals surface area (Å²) in [6, 6.07) is 9.32. The van der Waals surface area contributed by atoms with Gasteiger partial charge in [-0.1, -0.05) is 59.2 Å². The summed E-state index contributed by atoms with van der Waals surface area (Å²) >= 11 is 0. The number of allylic oxidation sites excluding steroid dienone is 2. The van der Waals surface area contributed by atoms with E-state index in [1.807, 2.05) is 16.7 Å². The van der Waals surface area contributed by atoms with E-state index in [0.29, 0.717) is 19.0 Å². The van der Waals surface area contributed by atoms with Crippen molar-refractivity contribution in [2.45, 2.75) is 91.2 Å². The topological polar surface area (TPSA) is 96.6 Å². The summed E-state index contributed by atoms with van der Waals surface area (Å²) in [6.45, 7) is 20.7. The van der Waals surface area contributed by atoms with Crippen molar-refractivity contribution in [3.8, 4) is 0 Å². The standard InChI is InChI=1S/C30H49N3O4Si2/c1-30(2)12-11-24(25(19-30)32-20-36-13-15-38(3,4)5)28(31)27-17-22-9-10-23(29(34)35)18-26(22)33(27)21-37-14-16-39(6,7)8/h9-10,17-18,31-32H,11-16,19-21H2,1-8H3,(H,34,35). The number of hydrogen-bond donors (Lipinski definition) is 3. The highest BCUT2D eigenvalue weighted by molar-refractivity contribution is 6.76. The molecule has 0 amide bonds. The van der Waals surface area contributed by atoms with Gasteiger partial charge in [0, 0.05) is 40.4 Å². The average molecular weight is 572 g/mol. The maximum absolute atomic E-state index is 11.7. The number of nitrogens with one attached hydrogen (secondary N) is 2. The third-order valence-corrected chi connectivity index (χ3v) is 10.8. The summed E-state index contributed by atoms with van der Waals surface area (Å²) in [5.41, 5.74) is 4.47. The molecule has 0 spiro atoms. The molecule has 39 heavy (non-hydrogen) atoms. The number of benzene rings is 1. The number of fused-ring (bicyclic) bond motifs is 1. The Morgan fingerprint density at radius 1 is 1.05 bits per heavy atom. The molecule has 2 aromatic rings. The van der Waals surface area contributed by atoms with Crippen LogP contribution in [0.25, 0.3) is 10.9 Å². The summed E-state index contributed by atoms with van der Waals surface area (Å²) in [7, 11) is -2.40. The molecule has 0 saturated heterocycles. The summed E-state index contributed by atoms with van der Waals surface area (Å²) in [5.74, 6) is -0.959. The van der Waals surface area contributed by atoms with Crippen LogP contribution in [0.1, 0.15) is 49.2 Å². The van der Waals surface area contributed by atoms with Crippen LogP contribution < -0.4 is 5.32 Å². The molecule has 0 unspecified atom stereocenters. The molecular weight excluding hydrogens is 523 g/mol. The van der Waals surface area contributed by atoms with E-state index in [1.165, 1.54) is 0 Å². The molecule has 1 aromatic carbocycles. The highest BCUT2D eigenvalue weighted by Gasteiger charge is 2.30. The normalized spacial score (nSPS) is 16.1. The molecule has 1 heterocycles. The Hall–Kier alpha value is -2.21. The van der Waals surface area contributed by atoms with Gasteiger partial charge in [0.15, 0.2) is 0 Å². The second kappa shape index (κ2) is 12.5. The van der Waals surface area contributed by atoms with Crippen LogP contribution in [0.3, 0.4) is 0 Å². The lowest BCUT2D eigenvalue weighted by atomic mass is 9.75. The van der Waals surface area contributed by atoms with Crippen LogP contribution in [-0.4, -0.2) is 57.4 Å². The number of carboxylic acid groups (broad SMARTS) is 1. The van der Waals surface area contributed by atoms with Crippen LogP contribution >= 0.6 is 0 Å². The van der Waals surface area contributed by atoms with Gasteiger partial charge in [0.2, 0.25) is 0 Å². The number of carbonyl (C=O) groups is 1. The summed E-state index contributed by atoms with van der Waals surface area (Å²) in [5, 5.41) is 23.4. The van der Waals surface area contributed by atoms with Gasteiger partial charge in [-0.05, 0) is 60.5 Å². The Kier molecular flexibility index (Phi) is 10.1. The third kappa shape index (κ3) is 9.16. The second-order valence-corrected chi connectivity index (χ2v) is 25.3. The number of aromatic nitrogens is 1. The first-order valence-electron chi connectivity index (χ1n) is 14.1. The largest absolute Gasteiger partial charge is 0.478 e. The molecule has 3 rings (SSSR count). The van der Waals surface area contributed by atoms with E-state index in [9.17, 15) is 15.3 Å². The van der Waals surface area contributed by atoms with Crippen LogP contribution in [0.15, 0.2) is 35.5 Å². The zero-order valence-electron chi connectivity index (χ0n) is 25.3. The molecule has 1 aliphatic carbocycles. The number of nitrogens with zero attached hydrogens (tertiary/aromatic N) is 1. The predicted molar refractivity (Wildman–Crippen MR) is 167 cm³/mol. The molecule has 216 valence electrons. The van der Waals surface area contributed by atoms with Crippen LogP contribution in [0.2, 0.25) is 51.4 Å². The fraction of sp³-hybridized carbons (Fsp3) is 0.600. The zero-order valence-corrected chi connectivity index (χ0v) is 27.3. The van der Waals surface area contributed by atoms with E-state index >= 15 is 0 Å². The molecule has 0 bridgehead atoms. The Labute approximate surface area is 236 Å². The minimum Gasteiger partial charge on any atom is -0.478 e. The van der Waals surface area contributed by atoms with Crippen molar-refractivity contribution >= 4 is 38.7 Å². The molecule has 0 fully saturated rings. The fourth-order valence-electron chi connectivity index (χ4n) is 4.74. The number of rotatable bonds is 14. The van der Waals surface area contributed by atoms with Gasteiger partial charge in [0.1, 0.15) is 13.5 Å². The van der Waals surface area contributed by atoms with E-state index in [4.69, 9.17) is 9.47 Å². The van der Waals surface area contributed by atoms with Crippen molar-refractivity contribution in [1.82, 2.24) is 9.88 Å². The second-order valence-electron chi connectivity index (χ2n) is 14.1. The van der Waals surface area contributed by atoms with E-state index in [1.54, 1.807) is 12.1 Å². The predicted octanol–water partition coefficient (Wildman–Crippen LogP) is 7.39. The van der Waals surface area contributed by atoms with Crippen molar-refractivity contribution < 1.29 is 19.4 Å². The number of hydrogen-bond acceptors (Lipinski definition) is 5. The number of aromatic carboxylic acids is 1. The molecule has 0 atom stereocenters. The van der Waals surface area contributed by atoms with Crippen molar-refractivity contribution in [3.63, 3.8) is 0 Å². The smallest absolute Gasteiger partial charge is 0.335 e. The Bertz CT molecular complexity index is 1220. The van der Waals surface area contributed by atoms with E-state index in [2.05, 4.69) is 58.4 Å². The Morgan fingerprint density at radius 2 is 1.69 bits per heavy atom. The van der Waals surface area contributed by atoms with E-state index in [0.717, 1.165) is 65.8 Å². The lowest BCUT2D eigenvalue weighted by molar-refractivity contribution is 0.0696. The molecule has 3 N–H and O–H groups in total. The zero-order chi connectivity index (χ0) is 29.0. The first-order valence-corrected chi connectivity index (χ1v) is 21.6. The van der Waals surface area contributed by atoms with Crippen LogP contribution in [0.4, 0.5) is 0 Å². The fourth-order valence-corrected chi connectivity index (χ4v) is 6.26. The molecule has 9 heteroatoms. The van der Waals surface area contributed by atoms with Gasteiger partial charge in [-0.25, -0.2) is 4.79 Å². The van der Waals surface area contributed by atoms with Gasteiger partial charge in [-0.2, -0.15) is 0 Å². The lowest BCUT2D eigenvalue weighted by Crippen LogP contribution is -2.31. The maximum Gasteiger partial charge on any atom is 0.335 e. The Morgan fingerprint density at radius 3 is 2.31 bits per heavy atom. The minimum atomic E-state index is -1.25. The lowest BCUT2D eigenvalue weighted by Gasteiger charge is -2.34. The van der Waals surface area contributed by atoms with Crippen molar-refractivity contribution in [2.24, 2.45) is 5.41 Å². The van der Waals surface area contributed by atoms with Gasteiger partial charge in [0.05, 0.1) is 22.5 Å². The summed E-state index contributed by atoms with van der Waals surface area (Å²) in [4.78, 5) is 11.7. The summed E-state index contributed by atoms with van der Waals surface area (Å²) < 4.78 is 14.1. The number of ether oxygens (including phenoxy) is 2. The molecule has 1 aromatic heterocycles. The van der Waals surface area contributed by atoms with Gasteiger partial charge in [0.25, 0.3) is 0 Å². The average Bonchev–Trinajstić information content (AvgIpc) is 3.17. The van der Waals surface area contributed by atoms with Gasteiger partial charge in [-0.15, -0.1) is 0 Å². The molecule has 0 aliphatic heterocycles. The van der Waals surface area contributed by atoms with Crippen molar-refractivity contribution in [1.29, 1.82) is 5.41 Å². The third-order valence-electron chi connectivity index (χ3n) is 7.38. The van der Waals surface area contributed by atoms with Gasteiger partial charge >= 0.3 is 5.97 Å². The molecule has 1 aliphatic rings. The van der Waals surface area contributed by atoms with Gasteiger partial charge in [-0.3, -0.25) is 5.41 Å². The Balaban J connectivity index is 1.92. The first-order chi connectivity index (χ1) is 18.1. The van der Waals surface area contributed by atoms with Crippen LogP contribution in [-0.2, 0) is 16.2 Å². The molecule has 0 radical (unpaired) electrons. The summed E-state index contributed by atoms with van der Waals surface area (Å²) in [6.07, 6.45) is 2.67. The minimum absolute atomic E-state index is 0.146. The van der Waals surface area contributed by atoms with Gasteiger partial charge < -0.3 is 24.5 Å². The van der Waals surface area contributed by atoms with Crippen LogP contribution in [0.5, 0.6) is 0 Å². The molecular formula is C30H49N3O4Si2. The van der Waals surface area contributed by atoms with E-state index in [-0.39, 0.29) is 17.7 Å². The molecule has 0 saturated carbocycles.